The third kappa shape index (κ3) is 2.90. The van der Waals surface area contributed by atoms with Gasteiger partial charge < -0.3 is 5.32 Å². The standard InChI is InChI=1S/C16H25N/c1-12-7-5-8-14(11-12)13(2)17-15-9-6-10-16(15,3)4/h5,7-8,11,13,15,17H,6,9-10H2,1-4H3/t13-,15?/m1/s1. The van der Waals surface area contributed by atoms with Crippen molar-refractivity contribution in [2.45, 2.75) is 59.0 Å². The molecule has 1 unspecified atom stereocenters. The molecular weight excluding hydrogens is 206 g/mol. The molecule has 0 radical (unpaired) electrons. The van der Waals surface area contributed by atoms with Gasteiger partial charge in [-0.05, 0) is 37.7 Å². The Balaban J connectivity index is 2.04. The lowest BCUT2D eigenvalue weighted by atomic mass is 9.86. The lowest BCUT2D eigenvalue weighted by Gasteiger charge is -2.31. The summed E-state index contributed by atoms with van der Waals surface area (Å²) in [5, 5.41) is 3.81. The zero-order valence-electron chi connectivity index (χ0n) is 11.6. The molecule has 0 aromatic heterocycles. The Labute approximate surface area is 106 Å². The molecule has 1 aromatic rings. The molecule has 1 N–H and O–H groups in total. The van der Waals surface area contributed by atoms with Gasteiger partial charge in [-0.3, -0.25) is 0 Å². The number of rotatable bonds is 3. The van der Waals surface area contributed by atoms with Gasteiger partial charge in [0.2, 0.25) is 0 Å². The fourth-order valence-corrected chi connectivity index (χ4v) is 2.97. The SMILES string of the molecule is Cc1cccc([C@@H](C)NC2CCCC2(C)C)c1. The van der Waals surface area contributed by atoms with Crippen LogP contribution in [0.1, 0.15) is 57.2 Å². The molecule has 0 bridgehead atoms. The zero-order valence-corrected chi connectivity index (χ0v) is 11.6. The van der Waals surface area contributed by atoms with Gasteiger partial charge >= 0.3 is 0 Å². The Hall–Kier alpha value is -0.820. The van der Waals surface area contributed by atoms with Crippen molar-refractivity contribution in [3.05, 3.63) is 35.4 Å². The first-order valence-electron chi connectivity index (χ1n) is 6.82. The predicted octanol–water partition coefficient (Wildman–Crippen LogP) is 4.22. The van der Waals surface area contributed by atoms with E-state index in [-0.39, 0.29) is 0 Å². The zero-order chi connectivity index (χ0) is 12.5. The largest absolute Gasteiger partial charge is 0.307 e. The van der Waals surface area contributed by atoms with E-state index in [1.807, 2.05) is 0 Å². The topological polar surface area (TPSA) is 12.0 Å². The average molecular weight is 231 g/mol. The van der Waals surface area contributed by atoms with Crippen molar-refractivity contribution in [2.75, 3.05) is 0 Å². The van der Waals surface area contributed by atoms with Crippen LogP contribution in [0.3, 0.4) is 0 Å². The van der Waals surface area contributed by atoms with Gasteiger partial charge in [-0.2, -0.15) is 0 Å². The van der Waals surface area contributed by atoms with E-state index in [0.29, 0.717) is 17.5 Å². The van der Waals surface area contributed by atoms with Crippen LogP contribution >= 0.6 is 0 Å². The minimum atomic E-state index is 0.456. The van der Waals surface area contributed by atoms with Crippen molar-refractivity contribution in [2.24, 2.45) is 5.41 Å². The molecule has 1 saturated carbocycles. The van der Waals surface area contributed by atoms with Crippen LogP contribution in [0.15, 0.2) is 24.3 Å². The van der Waals surface area contributed by atoms with Crippen LogP contribution in [0.5, 0.6) is 0 Å². The van der Waals surface area contributed by atoms with Gasteiger partial charge in [0.25, 0.3) is 0 Å². The summed E-state index contributed by atoms with van der Waals surface area (Å²) >= 11 is 0. The normalized spacial score (nSPS) is 24.8. The van der Waals surface area contributed by atoms with Crippen molar-refractivity contribution in [1.29, 1.82) is 0 Å². The monoisotopic (exact) mass is 231 g/mol. The highest BCUT2D eigenvalue weighted by atomic mass is 15.0. The molecule has 94 valence electrons. The van der Waals surface area contributed by atoms with E-state index < -0.39 is 0 Å². The highest BCUT2D eigenvalue weighted by Crippen LogP contribution is 2.38. The van der Waals surface area contributed by atoms with Gasteiger partial charge in [0.1, 0.15) is 0 Å². The smallest absolute Gasteiger partial charge is 0.0294 e. The van der Waals surface area contributed by atoms with Gasteiger partial charge in [-0.15, -0.1) is 0 Å². The van der Waals surface area contributed by atoms with Crippen molar-refractivity contribution < 1.29 is 0 Å². The molecule has 0 heterocycles. The third-order valence-corrected chi connectivity index (χ3v) is 4.25. The fraction of sp³-hybridized carbons (Fsp3) is 0.625. The average Bonchev–Trinajstić information content (AvgIpc) is 2.58. The molecule has 1 aromatic carbocycles. The molecule has 1 fully saturated rings. The van der Waals surface area contributed by atoms with Crippen LogP contribution in [0.2, 0.25) is 0 Å². The van der Waals surface area contributed by atoms with Gasteiger partial charge in [-0.1, -0.05) is 50.1 Å². The van der Waals surface area contributed by atoms with Crippen LogP contribution in [-0.2, 0) is 0 Å². The third-order valence-electron chi connectivity index (χ3n) is 4.25. The molecule has 1 aliphatic rings. The molecule has 1 heteroatoms. The van der Waals surface area contributed by atoms with E-state index in [1.54, 1.807) is 0 Å². The second-order valence-corrected chi connectivity index (χ2v) is 6.24. The molecule has 0 amide bonds. The molecule has 0 spiro atoms. The quantitative estimate of drug-likeness (QED) is 0.821. The van der Waals surface area contributed by atoms with Gasteiger partial charge in [0.15, 0.2) is 0 Å². The second kappa shape index (κ2) is 4.81. The van der Waals surface area contributed by atoms with Gasteiger partial charge in [-0.25, -0.2) is 0 Å². The van der Waals surface area contributed by atoms with Crippen molar-refractivity contribution in [1.82, 2.24) is 5.32 Å². The highest BCUT2D eigenvalue weighted by molar-refractivity contribution is 5.24. The fourth-order valence-electron chi connectivity index (χ4n) is 2.97. The Morgan fingerprint density at radius 2 is 2.12 bits per heavy atom. The van der Waals surface area contributed by atoms with Crippen molar-refractivity contribution in [3.63, 3.8) is 0 Å². The number of nitrogens with one attached hydrogen (secondary N) is 1. The number of benzene rings is 1. The van der Waals surface area contributed by atoms with Crippen LogP contribution in [-0.4, -0.2) is 6.04 Å². The molecule has 2 atom stereocenters. The summed E-state index contributed by atoms with van der Waals surface area (Å²) in [7, 11) is 0. The van der Waals surface area contributed by atoms with E-state index in [1.165, 1.54) is 30.4 Å². The van der Waals surface area contributed by atoms with Gasteiger partial charge in [0, 0.05) is 12.1 Å². The number of hydrogen-bond donors (Lipinski definition) is 1. The first-order valence-corrected chi connectivity index (χ1v) is 6.82. The predicted molar refractivity (Wildman–Crippen MR) is 74.1 cm³/mol. The summed E-state index contributed by atoms with van der Waals surface area (Å²) in [5.74, 6) is 0. The lowest BCUT2D eigenvalue weighted by Crippen LogP contribution is -2.39. The van der Waals surface area contributed by atoms with Crippen LogP contribution in [0.4, 0.5) is 0 Å². The Kier molecular flexibility index (Phi) is 3.58. The first kappa shape index (κ1) is 12.6. The summed E-state index contributed by atoms with van der Waals surface area (Å²) in [6.45, 7) is 9.22. The van der Waals surface area contributed by atoms with E-state index in [0.717, 1.165) is 0 Å². The molecular formula is C16H25N. The van der Waals surface area contributed by atoms with E-state index in [2.05, 4.69) is 57.3 Å². The summed E-state index contributed by atoms with van der Waals surface area (Å²) in [6, 6.07) is 9.96. The Morgan fingerprint density at radius 3 is 2.71 bits per heavy atom. The summed E-state index contributed by atoms with van der Waals surface area (Å²) in [5.41, 5.74) is 3.22. The summed E-state index contributed by atoms with van der Waals surface area (Å²) in [4.78, 5) is 0. The summed E-state index contributed by atoms with van der Waals surface area (Å²) < 4.78 is 0. The number of hydrogen-bond acceptors (Lipinski definition) is 1. The van der Waals surface area contributed by atoms with Crippen molar-refractivity contribution >= 4 is 0 Å². The molecule has 17 heavy (non-hydrogen) atoms. The van der Waals surface area contributed by atoms with Crippen LogP contribution < -0.4 is 5.32 Å². The van der Waals surface area contributed by atoms with Gasteiger partial charge in [0.05, 0.1) is 0 Å². The molecule has 0 aliphatic heterocycles. The molecule has 1 nitrogen and oxygen atoms in total. The maximum absolute atomic E-state index is 3.81. The second-order valence-electron chi connectivity index (χ2n) is 6.24. The summed E-state index contributed by atoms with van der Waals surface area (Å²) in [6.07, 6.45) is 4.04. The molecule has 1 aliphatic carbocycles. The van der Waals surface area contributed by atoms with E-state index in [4.69, 9.17) is 0 Å². The maximum atomic E-state index is 3.81. The maximum Gasteiger partial charge on any atom is 0.0294 e. The Morgan fingerprint density at radius 1 is 1.35 bits per heavy atom. The van der Waals surface area contributed by atoms with E-state index in [9.17, 15) is 0 Å². The Bertz CT molecular complexity index is 381. The van der Waals surface area contributed by atoms with E-state index >= 15 is 0 Å². The molecule has 2 rings (SSSR count). The number of aryl methyl sites for hydroxylation is 1. The van der Waals surface area contributed by atoms with Crippen LogP contribution in [0.25, 0.3) is 0 Å². The minimum absolute atomic E-state index is 0.456. The van der Waals surface area contributed by atoms with Crippen LogP contribution in [0, 0.1) is 12.3 Å². The minimum Gasteiger partial charge on any atom is -0.307 e. The highest BCUT2D eigenvalue weighted by Gasteiger charge is 2.34. The lowest BCUT2D eigenvalue weighted by molar-refractivity contribution is 0.266. The first-order chi connectivity index (χ1) is 7.99. The van der Waals surface area contributed by atoms with Crippen molar-refractivity contribution in [3.8, 4) is 0 Å². The molecule has 0 saturated heterocycles.